The van der Waals surface area contributed by atoms with Crippen LogP contribution >= 0.6 is 11.8 Å². The Hall–Kier alpha value is -3.66. The summed E-state index contributed by atoms with van der Waals surface area (Å²) in [6.45, 7) is -2.69. The van der Waals surface area contributed by atoms with Gasteiger partial charge in [0.15, 0.2) is 11.6 Å². The number of carbonyl (C=O) groups excluding carboxylic acids is 2. The van der Waals surface area contributed by atoms with Crippen molar-refractivity contribution in [3.8, 4) is 17.1 Å². The first-order chi connectivity index (χ1) is 17.2. The van der Waals surface area contributed by atoms with Crippen LogP contribution in [0.1, 0.15) is 27.3 Å². The number of benzene rings is 1. The molecule has 170 valence electrons. The van der Waals surface area contributed by atoms with Crippen molar-refractivity contribution in [3.05, 3.63) is 48.4 Å². The lowest BCUT2D eigenvalue weighted by Crippen LogP contribution is -2.20. The number of nitrogens with one attached hydrogen (secondary N) is 3. The highest BCUT2D eigenvalue weighted by Gasteiger charge is 2.30. The number of pyridine rings is 1. The molecular weight excluding hydrogens is 440 g/mol. The molecule has 0 spiro atoms. The summed E-state index contributed by atoms with van der Waals surface area (Å²) in [5, 5.41) is 7.83. The molecule has 1 aromatic carbocycles. The van der Waals surface area contributed by atoms with Gasteiger partial charge in [-0.1, -0.05) is 6.07 Å². The van der Waals surface area contributed by atoms with E-state index in [1.165, 1.54) is 31.1 Å². The van der Waals surface area contributed by atoms with E-state index >= 15 is 0 Å². The van der Waals surface area contributed by atoms with Gasteiger partial charge in [0.05, 0.1) is 29.6 Å². The topological polar surface area (TPSA) is 118 Å². The molecule has 1 fully saturated rings. The van der Waals surface area contributed by atoms with Crippen molar-refractivity contribution in [2.45, 2.75) is 17.7 Å². The lowest BCUT2D eigenvalue weighted by atomic mass is 10.1. The lowest BCUT2D eigenvalue weighted by molar-refractivity contribution is -0.117. The molecule has 10 heteroatoms. The molecule has 0 aliphatic heterocycles. The van der Waals surface area contributed by atoms with Crippen LogP contribution in [0.4, 0.5) is 17.2 Å². The van der Waals surface area contributed by atoms with Crippen LogP contribution in [0.2, 0.25) is 0 Å². The number of aromatic nitrogens is 3. The van der Waals surface area contributed by atoms with Gasteiger partial charge in [-0.3, -0.25) is 9.59 Å². The van der Waals surface area contributed by atoms with E-state index in [2.05, 4.69) is 25.6 Å². The number of thioether (sulfide) groups is 1. The van der Waals surface area contributed by atoms with Gasteiger partial charge in [0.1, 0.15) is 5.82 Å². The van der Waals surface area contributed by atoms with Crippen molar-refractivity contribution < 1.29 is 18.4 Å². The highest BCUT2D eigenvalue weighted by atomic mass is 32.2. The zero-order valence-electron chi connectivity index (χ0n) is 21.0. The van der Waals surface area contributed by atoms with E-state index in [-0.39, 0.29) is 28.9 Å². The fraction of sp³-hybridized carbons (Fsp3) is 0.261. The normalized spacial score (nSPS) is 14.4. The first kappa shape index (κ1) is 18.9. The van der Waals surface area contributed by atoms with Gasteiger partial charge in [-0.2, -0.15) is 0 Å². The SMILES string of the molecule is [2H]C([2H])([2H])NC(=O)c1cnc(NC(=O)C2CC2)cc1Nc1cccc(-c2ncc(SC)cn2)c1OC. The van der Waals surface area contributed by atoms with Gasteiger partial charge in [-0.15, -0.1) is 11.8 Å². The molecule has 1 saturated carbocycles. The monoisotopic (exact) mass is 467 g/mol. The van der Waals surface area contributed by atoms with Crippen molar-refractivity contribution in [2.24, 2.45) is 5.92 Å². The smallest absolute Gasteiger partial charge is 0.254 e. The molecule has 1 aliphatic rings. The molecule has 3 aromatic rings. The number of amides is 2. The molecule has 2 heterocycles. The Morgan fingerprint density at radius 1 is 1.15 bits per heavy atom. The van der Waals surface area contributed by atoms with E-state index < -0.39 is 12.9 Å². The summed E-state index contributed by atoms with van der Waals surface area (Å²) in [6.07, 6.45) is 8.20. The largest absolute Gasteiger partial charge is 0.494 e. The first-order valence-corrected chi connectivity index (χ1v) is 11.3. The number of carbonyl (C=O) groups is 2. The number of hydrogen-bond donors (Lipinski definition) is 3. The standard InChI is InChI=1S/C23H24N6O3S/c1-24-23(31)16-12-25-19(29-22(30)13-7-8-13)9-18(16)28-17-6-4-5-15(20(17)32-2)21-26-10-14(33-3)11-27-21/h4-6,9-13H,7-8H2,1-3H3,(H,24,31)(H2,25,28,29,30)/i1D3. The van der Waals surface area contributed by atoms with Crippen LogP contribution in [0.5, 0.6) is 5.75 Å². The Labute approximate surface area is 200 Å². The molecule has 2 amide bonds. The van der Waals surface area contributed by atoms with Gasteiger partial charge in [-0.25, -0.2) is 15.0 Å². The van der Waals surface area contributed by atoms with Crippen LogP contribution in [0, 0.1) is 5.92 Å². The zero-order valence-corrected chi connectivity index (χ0v) is 18.8. The van der Waals surface area contributed by atoms with E-state index in [1.807, 2.05) is 11.6 Å². The summed E-state index contributed by atoms with van der Waals surface area (Å²) < 4.78 is 27.8. The minimum absolute atomic E-state index is 0.0245. The molecule has 9 nitrogen and oxygen atoms in total. The number of rotatable bonds is 8. The van der Waals surface area contributed by atoms with Crippen LogP contribution in [0.3, 0.4) is 0 Å². The number of ether oxygens (including phenoxy) is 1. The highest BCUT2D eigenvalue weighted by molar-refractivity contribution is 7.98. The van der Waals surface area contributed by atoms with Gasteiger partial charge >= 0.3 is 0 Å². The van der Waals surface area contributed by atoms with Gasteiger partial charge in [0.25, 0.3) is 5.91 Å². The maximum Gasteiger partial charge on any atom is 0.254 e. The Morgan fingerprint density at radius 2 is 1.94 bits per heavy atom. The summed E-state index contributed by atoms with van der Waals surface area (Å²) in [5.74, 6) is 0.0365. The maximum atomic E-state index is 12.7. The lowest BCUT2D eigenvalue weighted by Gasteiger charge is -2.17. The van der Waals surface area contributed by atoms with Crippen molar-refractivity contribution in [1.82, 2.24) is 20.3 Å². The summed E-state index contributed by atoms with van der Waals surface area (Å²) >= 11 is 1.52. The van der Waals surface area contributed by atoms with Crippen LogP contribution < -0.4 is 20.7 Å². The molecule has 1 aliphatic carbocycles. The first-order valence-electron chi connectivity index (χ1n) is 11.6. The quantitative estimate of drug-likeness (QED) is 0.429. The minimum Gasteiger partial charge on any atom is -0.494 e. The third-order valence-corrected chi connectivity index (χ3v) is 5.74. The molecule has 3 N–H and O–H groups in total. The summed E-state index contributed by atoms with van der Waals surface area (Å²) in [7, 11) is 1.50. The molecule has 33 heavy (non-hydrogen) atoms. The zero-order chi connectivity index (χ0) is 25.9. The molecule has 2 aromatic heterocycles. The van der Waals surface area contributed by atoms with Gasteiger partial charge in [-0.05, 0) is 31.2 Å². The molecule has 0 bridgehead atoms. The van der Waals surface area contributed by atoms with E-state index in [4.69, 9.17) is 8.85 Å². The van der Waals surface area contributed by atoms with E-state index in [1.54, 1.807) is 30.6 Å². The average molecular weight is 468 g/mol. The van der Waals surface area contributed by atoms with Crippen LogP contribution in [-0.4, -0.2) is 47.1 Å². The second-order valence-electron chi connectivity index (χ2n) is 7.29. The van der Waals surface area contributed by atoms with E-state index in [9.17, 15) is 9.59 Å². The average Bonchev–Trinajstić information content (AvgIpc) is 3.69. The van der Waals surface area contributed by atoms with Crippen LogP contribution in [0.15, 0.2) is 47.8 Å². The molecule has 0 radical (unpaired) electrons. The number of nitrogens with zero attached hydrogens (tertiary/aromatic N) is 3. The Balaban J connectivity index is 1.72. The minimum atomic E-state index is -2.69. The fourth-order valence-corrected chi connectivity index (χ4v) is 3.50. The van der Waals surface area contributed by atoms with Gasteiger partial charge < -0.3 is 20.7 Å². The van der Waals surface area contributed by atoms with Gasteiger partial charge in [0, 0.05) is 46.6 Å². The number of methoxy groups -OCH3 is 1. The molecule has 4 rings (SSSR count). The second-order valence-corrected chi connectivity index (χ2v) is 8.17. The van der Waals surface area contributed by atoms with E-state index in [0.29, 0.717) is 22.8 Å². The second kappa shape index (κ2) is 9.86. The predicted molar refractivity (Wildman–Crippen MR) is 128 cm³/mol. The molecule has 0 saturated heterocycles. The number of anilines is 3. The third-order valence-electron chi connectivity index (χ3n) is 5.05. The molecule has 0 atom stereocenters. The number of para-hydroxylation sites is 1. The van der Waals surface area contributed by atoms with Crippen molar-refractivity contribution in [1.29, 1.82) is 0 Å². The van der Waals surface area contributed by atoms with Crippen molar-refractivity contribution in [2.75, 3.05) is 31.0 Å². The maximum absolute atomic E-state index is 12.7. The van der Waals surface area contributed by atoms with Crippen molar-refractivity contribution in [3.63, 3.8) is 0 Å². The van der Waals surface area contributed by atoms with Crippen LogP contribution in [0.25, 0.3) is 11.4 Å². The summed E-state index contributed by atoms with van der Waals surface area (Å²) in [6, 6.07) is 6.77. The summed E-state index contributed by atoms with van der Waals surface area (Å²) in [5.41, 5.74) is 1.29. The summed E-state index contributed by atoms with van der Waals surface area (Å²) in [4.78, 5) is 38.8. The number of hydrogen-bond acceptors (Lipinski definition) is 8. The Bertz CT molecular complexity index is 1280. The van der Waals surface area contributed by atoms with Gasteiger partial charge in [0.2, 0.25) is 5.91 Å². The predicted octanol–water partition coefficient (Wildman–Crippen LogP) is 3.72. The fourth-order valence-electron chi connectivity index (χ4n) is 3.19. The van der Waals surface area contributed by atoms with Crippen LogP contribution in [-0.2, 0) is 4.79 Å². The third kappa shape index (κ3) is 5.06. The Kier molecular flexibility index (Phi) is 5.64. The Morgan fingerprint density at radius 3 is 2.61 bits per heavy atom. The van der Waals surface area contributed by atoms with E-state index in [0.717, 1.165) is 17.7 Å². The highest BCUT2D eigenvalue weighted by Crippen LogP contribution is 2.37. The molecule has 0 unspecified atom stereocenters. The van der Waals surface area contributed by atoms with Crippen molar-refractivity contribution >= 4 is 40.8 Å². The molecular formula is C23H24N6O3S.